The molecule has 1 saturated carbocycles. The molecule has 2 aliphatic rings. The first-order valence-electron chi connectivity index (χ1n) is 6.64. The lowest BCUT2D eigenvalue weighted by atomic mass is 9.87. The van der Waals surface area contributed by atoms with E-state index in [1.807, 2.05) is 0 Å². The molecule has 1 nitrogen and oxygen atoms in total. The first kappa shape index (κ1) is 10.3. The van der Waals surface area contributed by atoms with Gasteiger partial charge in [0.1, 0.15) is 0 Å². The molecule has 0 bridgehead atoms. The Morgan fingerprint density at radius 3 is 2.31 bits per heavy atom. The SMILES string of the molecule is Cc1ccccc1C1CCN(C2CC2)CC1. The summed E-state index contributed by atoms with van der Waals surface area (Å²) in [6.45, 7) is 4.90. The van der Waals surface area contributed by atoms with Crippen LogP contribution in [0.3, 0.4) is 0 Å². The molecule has 1 saturated heterocycles. The maximum Gasteiger partial charge on any atom is 0.00964 e. The van der Waals surface area contributed by atoms with Crippen LogP contribution in [0.4, 0.5) is 0 Å². The number of benzene rings is 1. The van der Waals surface area contributed by atoms with Gasteiger partial charge in [0, 0.05) is 6.04 Å². The highest BCUT2D eigenvalue weighted by atomic mass is 15.2. The molecule has 1 heterocycles. The first-order valence-corrected chi connectivity index (χ1v) is 6.64. The molecule has 0 radical (unpaired) electrons. The van der Waals surface area contributed by atoms with E-state index >= 15 is 0 Å². The van der Waals surface area contributed by atoms with Crippen LogP contribution in [0, 0.1) is 6.92 Å². The van der Waals surface area contributed by atoms with Crippen molar-refractivity contribution in [3.05, 3.63) is 35.4 Å². The van der Waals surface area contributed by atoms with Crippen LogP contribution in [0.15, 0.2) is 24.3 Å². The van der Waals surface area contributed by atoms with E-state index in [1.165, 1.54) is 44.3 Å². The number of nitrogens with zero attached hydrogens (tertiary/aromatic N) is 1. The minimum Gasteiger partial charge on any atom is -0.300 e. The van der Waals surface area contributed by atoms with Crippen LogP contribution in [0.25, 0.3) is 0 Å². The van der Waals surface area contributed by atoms with E-state index in [0.717, 1.165) is 12.0 Å². The van der Waals surface area contributed by atoms with Gasteiger partial charge >= 0.3 is 0 Å². The Hall–Kier alpha value is -0.820. The van der Waals surface area contributed by atoms with Crippen LogP contribution in [0.5, 0.6) is 0 Å². The van der Waals surface area contributed by atoms with Gasteiger partial charge in [0.05, 0.1) is 0 Å². The summed E-state index contributed by atoms with van der Waals surface area (Å²) < 4.78 is 0. The second-order valence-corrected chi connectivity index (χ2v) is 5.40. The number of piperidine rings is 1. The third-order valence-electron chi connectivity index (χ3n) is 4.22. The van der Waals surface area contributed by atoms with Crippen molar-refractivity contribution in [2.75, 3.05) is 13.1 Å². The predicted molar refractivity (Wildman–Crippen MR) is 67.7 cm³/mol. The fourth-order valence-electron chi connectivity index (χ4n) is 3.06. The number of likely N-dealkylation sites (tertiary alicyclic amines) is 1. The minimum atomic E-state index is 0.816. The van der Waals surface area contributed by atoms with E-state index in [9.17, 15) is 0 Å². The van der Waals surface area contributed by atoms with Crippen molar-refractivity contribution in [1.82, 2.24) is 4.90 Å². The van der Waals surface area contributed by atoms with Gasteiger partial charge in [-0.2, -0.15) is 0 Å². The summed E-state index contributed by atoms with van der Waals surface area (Å²) in [5.41, 5.74) is 3.07. The molecule has 0 spiro atoms. The first-order chi connectivity index (χ1) is 7.84. The van der Waals surface area contributed by atoms with Crippen molar-refractivity contribution in [2.45, 2.75) is 44.6 Å². The highest BCUT2D eigenvalue weighted by molar-refractivity contribution is 5.29. The Balaban J connectivity index is 1.67. The topological polar surface area (TPSA) is 3.24 Å². The lowest BCUT2D eigenvalue weighted by molar-refractivity contribution is 0.203. The van der Waals surface area contributed by atoms with Crippen molar-refractivity contribution in [2.24, 2.45) is 0 Å². The molecule has 0 atom stereocenters. The van der Waals surface area contributed by atoms with Crippen LogP contribution >= 0.6 is 0 Å². The van der Waals surface area contributed by atoms with Crippen LogP contribution in [-0.2, 0) is 0 Å². The zero-order chi connectivity index (χ0) is 11.0. The molecule has 16 heavy (non-hydrogen) atoms. The standard InChI is InChI=1S/C15H21N/c1-12-4-2-3-5-15(12)13-8-10-16(11-9-13)14-6-7-14/h2-5,13-14H,6-11H2,1H3. The molecule has 2 fully saturated rings. The molecule has 1 heteroatoms. The quantitative estimate of drug-likeness (QED) is 0.731. The van der Waals surface area contributed by atoms with Gasteiger partial charge in [0.15, 0.2) is 0 Å². The van der Waals surface area contributed by atoms with E-state index in [1.54, 1.807) is 5.56 Å². The summed E-state index contributed by atoms with van der Waals surface area (Å²) in [5.74, 6) is 0.816. The van der Waals surface area contributed by atoms with E-state index < -0.39 is 0 Å². The van der Waals surface area contributed by atoms with Gasteiger partial charge in [-0.1, -0.05) is 24.3 Å². The Kier molecular flexibility index (Phi) is 2.72. The predicted octanol–water partition coefficient (Wildman–Crippen LogP) is 3.34. The van der Waals surface area contributed by atoms with Gasteiger partial charge in [-0.05, 0) is 62.7 Å². The van der Waals surface area contributed by atoms with Gasteiger partial charge in [0.25, 0.3) is 0 Å². The van der Waals surface area contributed by atoms with Crippen LogP contribution in [0.1, 0.15) is 42.7 Å². The molecule has 1 aliphatic carbocycles. The average molecular weight is 215 g/mol. The Bertz CT molecular complexity index is 359. The smallest absolute Gasteiger partial charge is 0.00964 e. The molecule has 1 aliphatic heterocycles. The van der Waals surface area contributed by atoms with E-state index in [0.29, 0.717) is 0 Å². The van der Waals surface area contributed by atoms with E-state index in [4.69, 9.17) is 0 Å². The lowest BCUT2D eigenvalue weighted by Crippen LogP contribution is -2.34. The third-order valence-corrected chi connectivity index (χ3v) is 4.22. The van der Waals surface area contributed by atoms with Crippen LogP contribution < -0.4 is 0 Å². The summed E-state index contributed by atoms with van der Waals surface area (Å²) in [5, 5.41) is 0. The number of hydrogen-bond acceptors (Lipinski definition) is 1. The number of aryl methyl sites for hydroxylation is 1. The summed E-state index contributed by atoms with van der Waals surface area (Å²) >= 11 is 0. The monoisotopic (exact) mass is 215 g/mol. The molecule has 3 rings (SSSR count). The molecule has 1 aromatic carbocycles. The van der Waals surface area contributed by atoms with Gasteiger partial charge in [-0.3, -0.25) is 0 Å². The summed E-state index contributed by atoms with van der Waals surface area (Å²) in [6.07, 6.45) is 5.63. The highest BCUT2D eigenvalue weighted by Crippen LogP contribution is 2.35. The molecular weight excluding hydrogens is 194 g/mol. The molecular formula is C15H21N. The Morgan fingerprint density at radius 1 is 1.00 bits per heavy atom. The van der Waals surface area contributed by atoms with Crippen molar-refractivity contribution >= 4 is 0 Å². The summed E-state index contributed by atoms with van der Waals surface area (Å²) in [4.78, 5) is 2.70. The zero-order valence-corrected chi connectivity index (χ0v) is 10.2. The zero-order valence-electron chi connectivity index (χ0n) is 10.2. The molecule has 0 amide bonds. The maximum atomic E-state index is 2.70. The van der Waals surface area contributed by atoms with Crippen molar-refractivity contribution in [3.63, 3.8) is 0 Å². The summed E-state index contributed by atoms with van der Waals surface area (Å²) in [7, 11) is 0. The largest absolute Gasteiger partial charge is 0.300 e. The van der Waals surface area contributed by atoms with Gasteiger partial charge in [-0.15, -0.1) is 0 Å². The van der Waals surface area contributed by atoms with E-state index in [2.05, 4.69) is 36.1 Å². The molecule has 0 unspecified atom stereocenters. The second-order valence-electron chi connectivity index (χ2n) is 5.40. The highest BCUT2D eigenvalue weighted by Gasteiger charge is 2.32. The third kappa shape index (κ3) is 2.01. The molecule has 0 aromatic heterocycles. The van der Waals surface area contributed by atoms with Crippen molar-refractivity contribution < 1.29 is 0 Å². The van der Waals surface area contributed by atoms with Crippen molar-refractivity contribution in [1.29, 1.82) is 0 Å². The van der Waals surface area contributed by atoms with E-state index in [-0.39, 0.29) is 0 Å². The summed E-state index contributed by atoms with van der Waals surface area (Å²) in [6, 6.07) is 9.88. The minimum absolute atomic E-state index is 0.816. The van der Waals surface area contributed by atoms with Crippen LogP contribution in [-0.4, -0.2) is 24.0 Å². The Morgan fingerprint density at radius 2 is 1.69 bits per heavy atom. The second kappa shape index (κ2) is 4.21. The molecule has 0 N–H and O–H groups in total. The normalized spacial score (nSPS) is 23.6. The fourth-order valence-corrected chi connectivity index (χ4v) is 3.06. The van der Waals surface area contributed by atoms with Gasteiger partial charge < -0.3 is 4.90 Å². The van der Waals surface area contributed by atoms with Crippen molar-refractivity contribution in [3.8, 4) is 0 Å². The molecule has 86 valence electrons. The van der Waals surface area contributed by atoms with Gasteiger partial charge in [0.2, 0.25) is 0 Å². The molecule has 1 aromatic rings. The fraction of sp³-hybridized carbons (Fsp3) is 0.600. The number of hydrogen-bond donors (Lipinski definition) is 0. The lowest BCUT2D eigenvalue weighted by Gasteiger charge is -2.32. The Labute approximate surface area is 98.5 Å². The maximum absolute atomic E-state index is 2.70. The average Bonchev–Trinajstić information content (AvgIpc) is 3.14. The van der Waals surface area contributed by atoms with Gasteiger partial charge in [-0.25, -0.2) is 0 Å². The number of rotatable bonds is 2. The van der Waals surface area contributed by atoms with Crippen LogP contribution in [0.2, 0.25) is 0 Å².